The molecule has 4 aromatic rings. The van der Waals surface area contributed by atoms with Crippen LogP contribution in [0.15, 0.2) is 48.7 Å². The number of ether oxygens (including phenoxy) is 3. The molecule has 1 aliphatic rings. The fourth-order valence-electron chi connectivity index (χ4n) is 4.69. The zero-order chi connectivity index (χ0) is 26.2. The molecule has 192 valence electrons. The summed E-state index contributed by atoms with van der Waals surface area (Å²) in [6.45, 7) is 17.0. The summed E-state index contributed by atoms with van der Waals surface area (Å²) >= 11 is 6.52. The van der Waals surface area contributed by atoms with Crippen LogP contribution in [0, 0.1) is 6.57 Å². The van der Waals surface area contributed by atoms with E-state index in [9.17, 15) is 0 Å². The van der Waals surface area contributed by atoms with E-state index < -0.39 is 8.07 Å². The molecule has 7 nitrogen and oxygen atoms in total. The van der Waals surface area contributed by atoms with Crippen molar-refractivity contribution in [3.63, 3.8) is 0 Å². The molecular weight excluding hydrogens is 504 g/mol. The first-order valence-electron chi connectivity index (χ1n) is 12.4. The Morgan fingerprint density at radius 3 is 2.76 bits per heavy atom. The van der Waals surface area contributed by atoms with Gasteiger partial charge in [0.25, 0.3) is 0 Å². The lowest BCUT2D eigenvalue weighted by atomic mass is 10.1. The van der Waals surface area contributed by atoms with Gasteiger partial charge >= 0.3 is 0 Å². The highest BCUT2D eigenvalue weighted by atomic mass is 35.5. The maximum atomic E-state index is 7.57. The summed E-state index contributed by atoms with van der Waals surface area (Å²) < 4.78 is 22.3. The molecule has 0 radical (unpaired) electrons. The van der Waals surface area contributed by atoms with Gasteiger partial charge in [-0.1, -0.05) is 55.5 Å². The number of aromatic nitrogens is 3. The van der Waals surface area contributed by atoms with Crippen molar-refractivity contribution in [3.8, 4) is 17.1 Å². The predicted molar refractivity (Wildman–Crippen MR) is 149 cm³/mol. The number of nitrogens with zero attached hydrogens (tertiary/aromatic N) is 4. The first-order valence-corrected chi connectivity index (χ1v) is 16.5. The maximum Gasteiger partial charge on any atom is 0.228 e. The molecule has 37 heavy (non-hydrogen) atoms. The third-order valence-electron chi connectivity index (χ3n) is 6.67. The van der Waals surface area contributed by atoms with Crippen LogP contribution in [0.3, 0.4) is 0 Å². The van der Waals surface area contributed by atoms with E-state index in [0.29, 0.717) is 42.9 Å². The van der Waals surface area contributed by atoms with E-state index in [1.165, 1.54) is 0 Å². The minimum Gasteiger partial charge on any atom is -0.507 e. The summed E-state index contributed by atoms with van der Waals surface area (Å²) in [5.41, 5.74) is 4.05. The van der Waals surface area contributed by atoms with Gasteiger partial charge in [-0.05, 0) is 24.2 Å². The average Bonchev–Trinajstić information content (AvgIpc) is 3.47. The molecular formula is C28H31ClN4O3Si. The highest BCUT2D eigenvalue weighted by Crippen LogP contribution is 2.41. The van der Waals surface area contributed by atoms with E-state index >= 15 is 0 Å². The molecule has 2 aromatic carbocycles. The van der Waals surface area contributed by atoms with E-state index in [4.69, 9.17) is 37.4 Å². The highest BCUT2D eigenvalue weighted by molar-refractivity contribution is 6.76. The van der Waals surface area contributed by atoms with E-state index in [1.807, 2.05) is 36.4 Å². The molecule has 2 aromatic heterocycles. The Hall–Kier alpha value is -3.09. The van der Waals surface area contributed by atoms with Crippen LogP contribution in [0.4, 0.5) is 5.69 Å². The van der Waals surface area contributed by atoms with Gasteiger partial charge < -0.3 is 23.3 Å². The number of benzene rings is 2. The molecule has 1 unspecified atom stereocenters. The van der Waals surface area contributed by atoms with E-state index in [-0.39, 0.29) is 6.10 Å². The Bertz CT molecular complexity index is 1480. The van der Waals surface area contributed by atoms with Gasteiger partial charge in [0.05, 0.1) is 31.5 Å². The first kappa shape index (κ1) is 25.6. The van der Waals surface area contributed by atoms with Crippen molar-refractivity contribution in [2.45, 2.75) is 45.1 Å². The molecule has 0 spiro atoms. The first-order chi connectivity index (χ1) is 17.8. The smallest absolute Gasteiger partial charge is 0.228 e. The SMILES string of the molecule is [C-]#[N+]c1ccc2c(cc(-c3cn4c(n3)C(c3ccccc3Cl)OCC4)n2COCC[Si](C)(C)C)c1OC. The normalized spacial score (nSPS) is 15.5. The minimum atomic E-state index is -1.22. The quantitative estimate of drug-likeness (QED) is 0.137. The standard InChI is InChI=1S/C28H31ClN4O3Si/c1-30-22-10-11-24-20(26(22)34-2)16-25(33(24)18-35-14-15-37(3,4)5)23-17-32-12-13-36-27(28(32)31-23)19-8-6-7-9-21(19)29/h6-11,16-17,27H,12-15,18H2,2-5H3. The Kier molecular flexibility index (Phi) is 7.14. The molecule has 0 aliphatic carbocycles. The molecule has 0 saturated carbocycles. The minimum absolute atomic E-state index is 0.342. The number of fused-ring (bicyclic) bond motifs is 2. The lowest BCUT2D eigenvalue weighted by molar-refractivity contribution is 0.0430. The molecule has 0 saturated heterocycles. The van der Waals surface area contributed by atoms with Gasteiger partial charge in [0, 0.05) is 43.4 Å². The van der Waals surface area contributed by atoms with Gasteiger partial charge in [-0.15, -0.1) is 0 Å². The largest absolute Gasteiger partial charge is 0.507 e. The van der Waals surface area contributed by atoms with Crippen LogP contribution in [-0.2, 0) is 22.7 Å². The van der Waals surface area contributed by atoms with Crippen molar-refractivity contribution in [3.05, 3.63) is 76.5 Å². The van der Waals surface area contributed by atoms with Gasteiger partial charge in [0.1, 0.15) is 30.1 Å². The Balaban J connectivity index is 1.59. The zero-order valence-electron chi connectivity index (χ0n) is 21.6. The van der Waals surface area contributed by atoms with E-state index in [2.05, 4.69) is 39.8 Å². The van der Waals surface area contributed by atoms with Crippen molar-refractivity contribution in [1.82, 2.24) is 14.1 Å². The highest BCUT2D eigenvalue weighted by Gasteiger charge is 2.28. The summed E-state index contributed by atoms with van der Waals surface area (Å²) in [6, 6.07) is 14.6. The topological polar surface area (TPSA) is 54.8 Å². The molecule has 0 fully saturated rings. The molecule has 5 rings (SSSR count). The molecule has 0 N–H and O–H groups in total. The Morgan fingerprint density at radius 1 is 1.22 bits per heavy atom. The zero-order valence-corrected chi connectivity index (χ0v) is 23.4. The van der Waals surface area contributed by atoms with Crippen LogP contribution in [0.5, 0.6) is 5.75 Å². The molecule has 0 amide bonds. The van der Waals surface area contributed by atoms with Crippen molar-refractivity contribution in [1.29, 1.82) is 0 Å². The summed E-state index contributed by atoms with van der Waals surface area (Å²) in [4.78, 5) is 8.70. The molecule has 1 aliphatic heterocycles. The van der Waals surface area contributed by atoms with Crippen molar-refractivity contribution in [2.24, 2.45) is 0 Å². The number of hydrogen-bond acceptors (Lipinski definition) is 4. The second kappa shape index (κ2) is 10.3. The average molecular weight is 535 g/mol. The summed E-state index contributed by atoms with van der Waals surface area (Å²) in [5.74, 6) is 1.38. The van der Waals surface area contributed by atoms with Gasteiger partial charge in [-0.3, -0.25) is 0 Å². The van der Waals surface area contributed by atoms with Gasteiger partial charge in [0.2, 0.25) is 5.69 Å². The second-order valence-electron chi connectivity index (χ2n) is 10.4. The van der Waals surface area contributed by atoms with Crippen molar-refractivity contribution in [2.75, 3.05) is 20.3 Å². The van der Waals surface area contributed by atoms with Crippen molar-refractivity contribution < 1.29 is 14.2 Å². The fourth-order valence-corrected chi connectivity index (χ4v) is 5.68. The third-order valence-corrected chi connectivity index (χ3v) is 8.71. The summed E-state index contributed by atoms with van der Waals surface area (Å²) in [5, 5.41) is 1.52. The summed E-state index contributed by atoms with van der Waals surface area (Å²) in [7, 11) is 0.386. The third kappa shape index (κ3) is 5.05. The summed E-state index contributed by atoms with van der Waals surface area (Å²) in [6.07, 6.45) is 1.72. The predicted octanol–water partition coefficient (Wildman–Crippen LogP) is 7.15. The number of halogens is 1. The second-order valence-corrected chi connectivity index (χ2v) is 16.4. The number of imidazole rings is 1. The number of methoxy groups -OCH3 is 1. The number of rotatable bonds is 8. The van der Waals surface area contributed by atoms with E-state index in [0.717, 1.165) is 39.7 Å². The molecule has 1 atom stereocenters. The Labute approximate surface area is 223 Å². The van der Waals surface area contributed by atoms with Crippen LogP contribution in [-0.4, -0.2) is 42.5 Å². The monoisotopic (exact) mass is 534 g/mol. The molecule has 9 heteroatoms. The lowest BCUT2D eigenvalue weighted by Crippen LogP contribution is -2.22. The van der Waals surface area contributed by atoms with Crippen LogP contribution in [0.25, 0.3) is 27.1 Å². The van der Waals surface area contributed by atoms with Gasteiger partial charge in [0.15, 0.2) is 0 Å². The van der Waals surface area contributed by atoms with E-state index in [1.54, 1.807) is 13.2 Å². The van der Waals surface area contributed by atoms with Crippen LogP contribution < -0.4 is 4.74 Å². The van der Waals surface area contributed by atoms with Gasteiger partial charge in [-0.25, -0.2) is 9.83 Å². The van der Waals surface area contributed by atoms with Crippen molar-refractivity contribution >= 4 is 36.3 Å². The van der Waals surface area contributed by atoms with Gasteiger partial charge in [-0.2, -0.15) is 0 Å². The number of hydrogen-bond donors (Lipinski definition) is 0. The van der Waals surface area contributed by atoms with Crippen LogP contribution in [0.1, 0.15) is 17.5 Å². The molecule has 0 bridgehead atoms. The Morgan fingerprint density at radius 2 is 2.03 bits per heavy atom. The fraction of sp³-hybridized carbons (Fsp3) is 0.357. The maximum absolute atomic E-state index is 7.57. The van der Waals surface area contributed by atoms with Crippen LogP contribution >= 0.6 is 11.6 Å². The van der Waals surface area contributed by atoms with Crippen LogP contribution in [0.2, 0.25) is 30.7 Å². The molecule has 3 heterocycles. The lowest BCUT2D eigenvalue weighted by Gasteiger charge is -2.24.